The summed E-state index contributed by atoms with van der Waals surface area (Å²) in [7, 11) is 0. The highest BCUT2D eigenvalue weighted by Gasteiger charge is 2.64. The van der Waals surface area contributed by atoms with Crippen LogP contribution in [0.25, 0.3) is 0 Å². The van der Waals surface area contributed by atoms with E-state index >= 15 is 0 Å². The molecule has 2 atom stereocenters. The van der Waals surface area contributed by atoms with Crippen LogP contribution in [0.15, 0.2) is 30.3 Å². The minimum absolute atomic E-state index is 0.0342. The summed E-state index contributed by atoms with van der Waals surface area (Å²) in [5, 5.41) is 10.4. The van der Waals surface area contributed by atoms with Crippen LogP contribution in [-0.2, 0) is 20.8 Å². The molecule has 25 heavy (non-hydrogen) atoms. The van der Waals surface area contributed by atoms with Crippen molar-refractivity contribution in [3.05, 3.63) is 35.9 Å². The van der Waals surface area contributed by atoms with Gasteiger partial charge in [-0.3, -0.25) is 14.4 Å². The molecule has 0 aromatic heterocycles. The zero-order chi connectivity index (χ0) is 18.8. The average molecular weight is 364 g/mol. The molecule has 7 heteroatoms. The van der Waals surface area contributed by atoms with E-state index in [-0.39, 0.29) is 21.9 Å². The highest BCUT2D eigenvalue weighted by molar-refractivity contribution is 8.01. The summed E-state index contributed by atoms with van der Waals surface area (Å²) in [6.07, 6.45) is 0.310. The molecule has 2 N–H and O–H groups in total. The second-order valence-corrected chi connectivity index (χ2v) is 8.88. The van der Waals surface area contributed by atoms with Crippen molar-refractivity contribution in [3.63, 3.8) is 0 Å². The molecule has 1 unspecified atom stereocenters. The van der Waals surface area contributed by atoms with Crippen molar-refractivity contribution in [2.45, 2.75) is 49.8 Å². The van der Waals surface area contributed by atoms with Crippen LogP contribution < -0.4 is 5.32 Å². The first-order valence-corrected chi connectivity index (χ1v) is 8.96. The number of rotatable bonds is 3. The van der Waals surface area contributed by atoms with Crippen LogP contribution >= 0.6 is 11.8 Å². The van der Waals surface area contributed by atoms with Gasteiger partial charge in [0.25, 0.3) is 11.9 Å². The van der Waals surface area contributed by atoms with Crippen molar-refractivity contribution in [2.75, 3.05) is 6.54 Å². The molecule has 0 bridgehead atoms. The van der Waals surface area contributed by atoms with Gasteiger partial charge >= 0.3 is 0 Å². The lowest BCUT2D eigenvalue weighted by Gasteiger charge is -2.50. The standard InChI is InChI=1S/C16H20N2O2S.C2H4O2/c1-15(2)10-18-13(20)16(3,14(18)21-15)17-12(19)9-11-7-5-4-6-8-11;1-2(3)4/h4-8,14H,9-10H2,1-3H3,(H,17,19);1H3,(H,3,4)/t14?,16-;/m1./s1. The number of hydrogen-bond donors (Lipinski definition) is 2. The third-order valence-electron chi connectivity index (χ3n) is 4.07. The lowest BCUT2D eigenvalue weighted by atomic mass is 9.89. The molecular formula is C18H24N2O4S. The normalized spacial score (nSPS) is 26.0. The van der Waals surface area contributed by atoms with Gasteiger partial charge in [0.2, 0.25) is 5.91 Å². The molecule has 0 radical (unpaired) electrons. The van der Waals surface area contributed by atoms with Gasteiger partial charge in [-0.2, -0.15) is 0 Å². The first kappa shape index (κ1) is 19.3. The maximum absolute atomic E-state index is 12.3. The van der Waals surface area contributed by atoms with Gasteiger partial charge in [-0.15, -0.1) is 11.8 Å². The molecule has 6 nitrogen and oxygen atoms in total. The van der Waals surface area contributed by atoms with Crippen molar-refractivity contribution >= 4 is 29.5 Å². The van der Waals surface area contributed by atoms with Crippen molar-refractivity contribution in [2.24, 2.45) is 0 Å². The number of hydrogen-bond acceptors (Lipinski definition) is 4. The van der Waals surface area contributed by atoms with E-state index in [9.17, 15) is 9.59 Å². The zero-order valence-corrected chi connectivity index (χ0v) is 15.7. The van der Waals surface area contributed by atoms with Crippen LogP contribution in [0.4, 0.5) is 0 Å². The highest BCUT2D eigenvalue weighted by Crippen LogP contribution is 2.50. The molecule has 0 spiro atoms. The van der Waals surface area contributed by atoms with Gasteiger partial charge in [0.05, 0.1) is 6.42 Å². The molecule has 2 aliphatic rings. The Kier molecular flexibility index (Phi) is 5.46. The SMILES string of the molecule is CC(=O)O.CC1(C)CN2C(=O)[C@@](C)(NC(=O)Cc3ccccc3)C2S1. The number of thioether (sulfide) groups is 1. The van der Waals surface area contributed by atoms with E-state index < -0.39 is 11.5 Å². The van der Waals surface area contributed by atoms with E-state index in [4.69, 9.17) is 9.90 Å². The highest BCUT2D eigenvalue weighted by atomic mass is 32.2. The second-order valence-electron chi connectivity index (χ2n) is 7.09. The minimum Gasteiger partial charge on any atom is -0.481 e. The summed E-state index contributed by atoms with van der Waals surface area (Å²) in [6, 6.07) is 9.59. The Labute approximate surface area is 152 Å². The van der Waals surface area contributed by atoms with Crippen LogP contribution in [0.3, 0.4) is 0 Å². The summed E-state index contributed by atoms with van der Waals surface area (Å²) >= 11 is 1.77. The van der Waals surface area contributed by atoms with Crippen molar-refractivity contribution in [3.8, 4) is 0 Å². The number of carboxylic acids is 1. The number of nitrogens with zero attached hydrogens (tertiary/aromatic N) is 1. The van der Waals surface area contributed by atoms with Crippen LogP contribution in [0, 0.1) is 0 Å². The topological polar surface area (TPSA) is 86.7 Å². The second kappa shape index (κ2) is 7.07. The smallest absolute Gasteiger partial charge is 0.300 e. The number of amides is 2. The summed E-state index contributed by atoms with van der Waals surface area (Å²) < 4.78 is 0.0578. The number of β-lactam (4-membered cyclic amide) rings is 1. The molecule has 2 aliphatic heterocycles. The Morgan fingerprint density at radius 2 is 1.84 bits per heavy atom. The third-order valence-corrected chi connectivity index (χ3v) is 5.79. The van der Waals surface area contributed by atoms with Crippen molar-refractivity contribution in [1.29, 1.82) is 0 Å². The number of carbonyl (C=O) groups excluding carboxylic acids is 2. The molecular weight excluding hydrogens is 340 g/mol. The molecule has 0 saturated carbocycles. The molecule has 136 valence electrons. The number of carboxylic acid groups (broad SMARTS) is 1. The summed E-state index contributed by atoms with van der Waals surface area (Å²) in [5.41, 5.74) is 0.200. The Morgan fingerprint density at radius 1 is 1.28 bits per heavy atom. The average Bonchev–Trinajstić information content (AvgIpc) is 2.81. The van der Waals surface area contributed by atoms with Gasteiger partial charge in [-0.25, -0.2) is 0 Å². The molecule has 2 saturated heterocycles. The number of aliphatic carboxylic acids is 1. The van der Waals surface area contributed by atoms with Gasteiger partial charge in [0.15, 0.2) is 0 Å². The Hall–Kier alpha value is -2.02. The Bertz CT molecular complexity index is 673. The molecule has 1 aromatic rings. The molecule has 0 aliphatic carbocycles. The maximum Gasteiger partial charge on any atom is 0.300 e. The molecule has 2 heterocycles. The van der Waals surface area contributed by atoms with Gasteiger partial charge in [0.1, 0.15) is 10.9 Å². The fourth-order valence-electron chi connectivity index (χ4n) is 3.07. The summed E-state index contributed by atoms with van der Waals surface area (Å²) in [6.45, 7) is 7.95. The number of benzene rings is 1. The monoisotopic (exact) mass is 364 g/mol. The predicted octanol–water partition coefficient (Wildman–Crippen LogP) is 1.89. The van der Waals surface area contributed by atoms with E-state index in [0.29, 0.717) is 6.42 Å². The number of nitrogens with one attached hydrogen (secondary N) is 1. The molecule has 1 aromatic carbocycles. The van der Waals surface area contributed by atoms with Gasteiger partial charge in [-0.1, -0.05) is 30.3 Å². The van der Waals surface area contributed by atoms with Crippen molar-refractivity contribution < 1.29 is 19.5 Å². The summed E-state index contributed by atoms with van der Waals surface area (Å²) in [5.74, 6) is -0.894. The van der Waals surface area contributed by atoms with E-state index in [1.165, 1.54) is 0 Å². The van der Waals surface area contributed by atoms with E-state index in [2.05, 4.69) is 19.2 Å². The molecule has 2 fully saturated rings. The number of fused-ring (bicyclic) bond motifs is 1. The van der Waals surface area contributed by atoms with Crippen molar-refractivity contribution in [1.82, 2.24) is 10.2 Å². The third kappa shape index (κ3) is 4.34. The lowest BCUT2D eigenvalue weighted by molar-refractivity contribution is -0.156. The van der Waals surface area contributed by atoms with E-state index in [1.807, 2.05) is 42.2 Å². The van der Waals surface area contributed by atoms with Crippen LogP contribution in [0.5, 0.6) is 0 Å². The zero-order valence-electron chi connectivity index (χ0n) is 14.9. The van der Waals surface area contributed by atoms with E-state index in [0.717, 1.165) is 19.0 Å². The van der Waals surface area contributed by atoms with Gasteiger partial charge < -0.3 is 15.3 Å². The van der Waals surface area contributed by atoms with Gasteiger partial charge in [0, 0.05) is 18.2 Å². The maximum atomic E-state index is 12.3. The fraction of sp³-hybridized carbons (Fsp3) is 0.500. The quantitative estimate of drug-likeness (QED) is 0.800. The first-order chi connectivity index (χ1) is 11.5. The Morgan fingerprint density at radius 3 is 2.40 bits per heavy atom. The van der Waals surface area contributed by atoms with Crippen LogP contribution in [-0.4, -0.2) is 50.0 Å². The minimum atomic E-state index is -0.833. The summed E-state index contributed by atoms with van der Waals surface area (Å²) in [4.78, 5) is 35.4. The van der Waals surface area contributed by atoms with Crippen LogP contribution in [0.1, 0.15) is 33.3 Å². The predicted molar refractivity (Wildman–Crippen MR) is 97.2 cm³/mol. The van der Waals surface area contributed by atoms with E-state index in [1.54, 1.807) is 11.8 Å². The fourth-order valence-corrected chi connectivity index (χ4v) is 4.58. The Balaban J connectivity index is 0.000000511. The lowest BCUT2D eigenvalue weighted by Crippen LogP contribution is -2.76. The van der Waals surface area contributed by atoms with Crippen LogP contribution in [0.2, 0.25) is 0 Å². The number of carbonyl (C=O) groups is 3. The first-order valence-electron chi connectivity index (χ1n) is 8.08. The molecule has 2 amide bonds. The largest absolute Gasteiger partial charge is 0.481 e. The van der Waals surface area contributed by atoms with Gasteiger partial charge in [-0.05, 0) is 26.3 Å². The molecule has 3 rings (SSSR count).